The number of nitrogens with one attached hydrogen (secondary N) is 1. The molecule has 0 aliphatic heterocycles. The minimum absolute atomic E-state index is 0.0679. The first kappa shape index (κ1) is 23.0. The Labute approximate surface area is 197 Å². The minimum Gasteiger partial charge on any atom is -0.352 e. The topological polar surface area (TPSA) is 93.0 Å². The lowest BCUT2D eigenvalue weighted by Crippen LogP contribution is -2.49. The van der Waals surface area contributed by atoms with Crippen LogP contribution in [0.15, 0.2) is 18.2 Å². The summed E-state index contributed by atoms with van der Waals surface area (Å²) in [5.74, 6) is 0.106. The number of hydrogen-bond donors (Lipinski definition) is 1. The molecule has 2 fully saturated rings. The molecule has 1 aromatic heterocycles. The van der Waals surface area contributed by atoms with Gasteiger partial charge in [-0.1, -0.05) is 55.3 Å². The van der Waals surface area contributed by atoms with Gasteiger partial charge in [0.2, 0.25) is 17.6 Å². The number of aromatic nitrogens is 4. The number of nitrogens with zero attached hydrogens (tertiary/aromatic N) is 5. The monoisotopic (exact) mass is 478 g/mol. The summed E-state index contributed by atoms with van der Waals surface area (Å²) in [7, 11) is 0. The van der Waals surface area contributed by atoms with Gasteiger partial charge in [0.05, 0.1) is 16.6 Å². The Morgan fingerprint density at radius 3 is 2.47 bits per heavy atom. The van der Waals surface area contributed by atoms with E-state index in [2.05, 4.69) is 20.7 Å². The van der Waals surface area contributed by atoms with E-state index < -0.39 is 0 Å². The van der Waals surface area contributed by atoms with Crippen molar-refractivity contribution in [3.63, 3.8) is 0 Å². The molecular formula is C22H28Cl2N6O2. The smallest absolute Gasteiger partial charge is 0.246 e. The first-order valence-corrected chi connectivity index (χ1v) is 12.1. The number of tetrazole rings is 1. The van der Waals surface area contributed by atoms with Crippen LogP contribution < -0.4 is 5.32 Å². The summed E-state index contributed by atoms with van der Waals surface area (Å²) >= 11 is 12.0. The number of carbonyl (C=O) groups excluding carboxylic acids is 2. The van der Waals surface area contributed by atoms with Gasteiger partial charge in [-0.15, -0.1) is 10.2 Å². The predicted molar refractivity (Wildman–Crippen MR) is 122 cm³/mol. The van der Waals surface area contributed by atoms with Crippen LogP contribution in [0.4, 0.5) is 0 Å². The quantitative estimate of drug-likeness (QED) is 0.651. The second kappa shape index (κ2) is 10.6. The maximum atomic E-state index is 13.2. The number of rotatable bonds is 7. The Bertz CT molecular complexity index is 954. The summed E-state index contributed by atoms with van der Waals surface area (Å²) in [5, 5.41) is 16.3. The van der Waals surface area contributed by atoms with Gasteiger partial charge in [0, 0.05) is 17.6 Å². The summed E-state index contributed by atoms with van der Waals surface area (Å²) in [4.78, 5) is 28.9. The van der Waals surface area contributed by atoms with Crippen LogP contribution in [-0.4, -0.2) is 55.5 Å². The van der Waals surface area contributed by atoms with Crippen LogP contribution in [0.3, 0.4) is 0 Å². The number of carbonyl (C=O) groups is 2. The van der Waals surface area contributed by atoms with E-state index in [0.29, 0.717) is 21.4 Å². The first-order chi connectivity index (χ1) is 15.5. The van der Waals surface area contributed by atoms with E-state index in [1.165, 1.54) is 11.2 Å². The van der Waals surface area contributed by atoms with Crippen LogP contribution in [0.1, 0.15) is 57.8 Å². The number of amides is 2. The van der Waals surface area contributed by atoms with E-state index in [-0.39, 0.29) is 37.0 Å². The molecule has 1 aromatic carbocycles. The van der Waals surface area contributed by atoms with Gasteiger partial charge < -0.3 is 10.2 Å². The molecule has 4 rings (SSSR count). The second-order valence-electron chi connectivity index (χ2n) is 8.63. The van der Waals surface area contributed by atoms with Gasteiger partial charge in [-0.3, -0.25) is 9.59 Å². The average Bonchev–Trinajstić information content (AvgIpc) is 3.47. The van der Waals surface area contributed by atoms with E-state index >= 15 is 0 Å². The van der Waals surface area contributed by atoms with E-state index in [4.69, 9.17) is 23.2 Å². The molecule has 10 heteroatoms. The molecule has 1 N–H and O–H groups in total. The largest absolute Gasteiger partial charge is 0.352 e. The van der Waals surface area contributed by atoms with E-state index in [1.54, 1.807) is 23.1 Å². The summed E-state index contributed by atoms with van der Waals surface area (Å²) < 4.78 is 0. The van der Waals surface area contributed by atoms with Gasteiger partial charge in [0.15, 0.2) is 0 Å². The highest BCUT2D eigenvalue weighted by Crippen LogP contribution is 2.27. The van der Waals surface area contributed by atoms with E-state index in [1.807, 2.05) is 0 Å². The number of halogens is 2. The van der Waals surface area contributed by atoms with Crippen molar-refractivity contribution in [2.24, 2.45) is 0 Å². The molecule has 0 atom stereocenters. The third-order valence-electron chi connectivity index (χ3n) is 6.28. The zero-order valence-corrected chi connectivity index (χ0v) is 19.5. The molecule has 2 aliphatic carbocycles. The Morgan fingerprint density at radius 1 is 1.03 bits per heavy atom. The van der Waals surface area contributed by atoms with Crippen LogP contribution in [0.25, 0.3) is 11.4 Å². The Hall–Kier alpha value is -2.19. The van der Waals surface area contributed by atoms with Crippen LogP contribution in [0, 0.1) is 0 Å². The molecule has 0 bridgehead atoms. The summed E-state index contributed by atoms with van der Waals surface area (Å²) in [6, 6.07) is 5.38. The highest BCUT2D eigenvalue weighted by molar-refractivity contribution is 6.42. The number of hydrogen-bond acceptors (Lipinski definition) is 5. The molecular weight excluding hydrogens is 451 g/mol. The molecule has 2 aliphatic rings. The van der Waals surface area contributed by atoms with Crippen molar-refractivity contribution in [3.8, 4) is 11.4 Å². The SMILES string of the molecule is O=C(CN(C(=O)Cn1nnc(-c2ccc(Cl)c(Cl)c2)n1)C1CCCCC1)NC1CCCC1. The van der Waals surface area contributed by atoms with Crippen molar-refractivity contribution in [2.45, 2.75) is 76.4 Å². The van der Waals surface area contributed by atoms with Crippen molar-refractivity contribution in [1.29, 1.82) is 0 Å². The van der Waals surface area contributed by atoms with Crippen LogP contribution >= 0.6 is 23.2 Å². The molecule has 0 spiro atoms. The summed E-state index contributed by atoms with van der Waals surface area (Å²) in [5.41, 5.74) is 0.665. The highest BCUT2D eigenvalue weighted by Gasteiger charge is 2.29. The minimum atomic E-state index is -0.170. The van der Waals surface area contributed by atoms with Crippen molar-refractivity contribution >= 4 is 35.0 Å². The fraction of sp³-hybridized carbons (Fsp3) is 0.591. The third kappa shape index (κ3) is 5.78. The zero-order chi connectivity index (χ0) is 22.5. The van der Waals surface area contributed by atoms with Crippen molar-refractivity contribution in [2.75, 3.05) is 6.54 Å². The lowest BCUT2D eigenvalue weighted by Gasteiger charge is -2.34. The Balaban J connectivity index is 1.43. The average molecular weight is 479 g/mol. The van der Waals surface area contributed by atoms with Crippen molar-refractivity contribution in [1.82, 2.24) is 30.4 Å². The van der Waals surface area contributed by atoms with Crippen LogP contribution in [0.5, 0.6) is 0 Å². The molecule has 2 amide bonds. The summed E-state index contributed by atoms with van der Waals surface area (Å²) in [6.45, 7) is 0.00980. The molecule has 32 heavy (non-hydrogen) atoms. The molecule has 0 radical (unpaired) electrons. The molecule has 2 aromatic rings. The maximum absolute atomic E-state index is 13.2. The fourth-order valence-electron chi connectivity index (χ4n) is 4.58. The highest BCUT2D eigenvalue weighted by atomic mass is 35.5. The van der Waals surface area contributed by atoms with Crippen molar-refractivity contribution in [3.05, 3.63) is 28.2 Å². The van der Waals surface area contributed by atoms with E-state index in [9.17, 15) is 9.59 Å². The molecule has 172 valence electrons. The van der Waals surface area contributed by atoms with Gasteiger partial charge in [-0.05, 0) is 49.1 Å². The normalized spacial score (nSPS) is 17.4. The zero-order valence-electron chi connectivity index (χ0n) is 18.0. The van der Waals surface area contributed by atoms with E-state index in [0.717, 1.165) is 51.4 Å². The molecule has 2 saturated carbocycles. The summed E-state index contributed by atoms with van der Waals surface area (Å²) in [6.07, 6.45) is 9.48. The van der Waals surface area contributed by atoms with Crippen molar-refractivity contribution < 1.29 is 9.59 Å². The lowest BCUT2D eigenvalue weighted by atomic mass is 9.94. The predicted octanol–water partition coefficient (Wildman–Crippen LogP) is 3.87. The maximum Gasteiger partial charge on any atom is 0.246 e. The van der Waals surface area contributed by atoms with Gasteiger partial charge in [-0.2, -0.15) is 4.80 Å². The Kier molecular flexibility index (Phi) is 7.63. The number of benzene rings is 1. The molecule has 0 unspecified atom stereocenters. The fourth-order valence-corrected chi connectivity index (χ4v) is 4.88. The third-order valence-corrected chi connectivity index (χ3v) is 7.02. The van der Waals surface area contributed by atoms with Crippen LogP contribution in [-0.2, 0) is 16.1 Å². The van der Waals surface area contributed by atoms with Gasteiger partial charge >= 0.3 is 0 Å². The Morgan fingerprint density at radius 2 is 1.75 bits per heavy atom. The molecule has 8 nitrogen and oxygen atoms in total. The molecule has 0 saturated heterocycles. The van der Waals surface area contributed by atoms with Gasteiger partial charge in [0.1, 0.15) is 6.54 Å². The second-order valence-corrected chi connectivity index (χ2v) is 9.45. The first-order valence-electron chi connectivity index (χ1n) is 11.3. The standard InChI is InChI=1S/C22H28Cl2N6O2/c23-18-11-10-15(12-19(18)24)22-26-28-30(27-22)14-21(32)29(17-8-2-1-3-9-17)13-20(31)25-16-6-4-5-7-16/h10-12,16-17H,1-9,13-14H2,(H,25,31). The molecule has 1 heterocycles. The van der Waals surface area contributed by atoms with Crippen LogP contribution in [0.2, 0.25) is 10.0 Å². The lowest BCUT2D eigenvalue weighted by molar-refractivity contribution is -0.140. The van der Waals surface area contributed by atoms with Gasteiger partial charge in [-0.25, -0.2) is 0 Å². The van der Waals surface area contributed by atoms with Gasteiger partial charge in [0.25, 0.3) is 0 Å².